The molecular formula is C19H18ClN3O3S. The largest absolute Gasteiger partial charge is 0.495 e. The van der Waals surface area contributed by atoms with E-state index in [1.807, 2.05) is 37.3 Å². The van der Waals surface area contributed by atoms with Crippen LogP contribution in [0.2, 0.25) is 5.02 Å². The Bertz CT molecular complexity index is 903. The predicted molar refractivity (Wildman–Crippen MR) is 109 cm³/mol. The molecule has 2 aromatic rings. The molecule has 0 unspecified atom stereocenters. The van der Waals surface area contributed by atoms with Crippen LogP contribution in [-0.4, -0.2) is 29.3 Å². The van der Waals surface area contributed by atoms with Gasteiger partial charge in [-0.3, -0.25) is 9.59 Å². The lowest BCUT2D eigenvalue weighted by Crippen LogP contribution is -2.28. The van der Waals surface area contributed by atoms with Gasteiger partial charge in [0.2, 0.25) is 11.8 Å². The maximum absolute atomic E-state index is 12.4. The first kappa shape index (κ1) is 19.3. The number of anilines is 1. The molecule has 0 bridgehead atoms. The Labute approximate surface area is 166 Å². The van der Waals surface area contributed by atoms with Gasteiger partial charge in [0.25, 0.3) is 0 Å². The van der Waals surface area contributed by atoms with Gasteiger partial charge in [0.15, 0.2) is 5.17 Å². The van der Waals surface area contributed by atoms with Crippen molar-refractivity contribution >= 4 is 51.7 Å². The number of rotatable bonds is 5. The summed E-state index contributed by atoms with van der Waals surface area (Å²) in [4.78, 5) is 28.9. The molecule has 1 atom stereocenters. The summed E-state index contributed by atoms with van der Waals surface area (Å²) in [5.74, 6) is -0.0541. The van der Waals surface area contributed by atoms with E-state index in [0.29, 0.717) is 21.6 Å². The van der Waals surface area contributed by atoms with Crippen molar-refractivity contribution in [3.05, 3.63) is 53.1 Å². The average molecular weight is 404 g/mol. The monoisotopic (exact) mass is 403 g/mol. The number of benzene rings is 2. The number of nitrogens with zero attached hydrogens (tertiary/aromatic N) is 1. The highest BCUT2D eigenvalue weighted by Gasteiger charge is 2.32. The Morgan fingerprint density at radius 1 is 1.33 bits per heavy atom. The van der Waals surface area contributed by atoms with Gasteiger partial charge in [0.1, 0.15) is 11.0 Å². The van der Waals surface area contributed by atoms with Crippen LogP contribution >= 0.6 is 23.4 Å². The molecular weight excluding hydrogens is 386 g/mol. The van der Waals surface area contributed by atoms with Gasteiger partial charge >= 0.3 is 0 Å². The van der Waals surface area contributed by atoms with Crippen LogP contribution in [0.15, 0.2) is 47.5 Å². The van der Waals surface area contributed by atoms with Crippen molar-refractivity contribution in [2.45, 2.75) is 18.6 Å². The second-order valence-corrected chi connectivity index (χ2v) is 7.50. The van der Waals surface area contributed by atoms with Gasteiger partial charge < -0.3 is 15.4 Å². The number of aryl methyl sites for hydroxylation is 1. The van der Waals surface area contributed by atoms with Crippen molar-refractivity contribution in [3.63, 3.8) is 0 Å². The van der Waals surface area contributed by atoms with E-state index in [2.05, 4.69) is 15.6 Å². The molecule has 0 radical (unpaired) electrons. The zero-order valence-electron chi connectivity index (χ0n) is 14.8. The number of thioether (sulfide) groups is 1. The second-order valence-electron chi connectivity index (χ2n) is 5.90. The Balaban J connectivity index is 1.66. The highest BCUT2D eigenvalue weighted by Crippen LogP contribution is 2.32. The topological polar surface area (TPSA) is 79.8 Å². The van der Waals surface area contributed by atoms with Crippen LogP contribution in [-0.2, 0) is 9.59 Å². The third kappa shape index (κ3) is 4.81. The minimum atomic E-state index is -0.535. The Morgan fingerprint density at radius 2 is 2.07 bits per heavy atom. The lowest BCUT2D eigenvalue weighted by Gasteiger charge is -2.13. The van der Waals surface area contributed by atoms with Crippen LogP contribution < -0.4 is 15.4 Å². The van der Waals surface area contributed by atoms with E-state index in [4.69, 9.17) is 16.3 Å². The van der Waals surface area contributed by atoms with Gasteiger partial charge in [-0.2, -0.15) is 0 Å². The first-order valence-corrected chi connectivity index (χ1v) is 9.47. The zero-order chi connectivity index (χ0) is 19.4. The molecule has 2 N–H and O–H groups in total. The van der Waals surface area contributed by atoms with Crippen LogP contribution in [0.4, 0.5) is 11.4 Å². The highest BCUT2D eigenvalue weighted by atomic mass is 35.5. The van der Waals surface area contributed by atoms with Gasteiger partial charge in [-0.15, -0.1) is 0 Å². The van der Waals surface area contributed by atoms with Crippen molar-refractivity contribution in [1.29, 1.82) is 0 Å². The maximum Gasteiger partial charge on any atom is 0.240 e. The van der Waals surface area contributed by atoms with E-state index in [0.717, 1.165) is 11.3 Å². The minimum absolute atomic E-state index is 0.0230. The van der Waals surface area contributed by atoms with Gasteiger partial charge in [-0.25, -0.2) is 4.99 Å². The number of hydrogen-bond donors (Lipinski definition) is 2. The summed E-state index contributed by atoms with van der Waals surface area (Å²) in [7, 11) is 1.50. The second kappa shape index (κ2) is 8.45. The van der Waals surface area contributed by atoms with Crippen molar-refractivity contribution < 1.29 is 14.3 Å². The average Bonchev–Trinajstić information content (AvgIpc) is 2.97. The highest BCUT2D eigenvalue weighted by molar-refractivity contribution is 8.15. The summed E-state index contributed by atoms with van der Waals surface area (Å²) in [6.07, 6.45) is 0.0230. The number of halogens is 1. The minimum Gasteiger partial charge on any atom is -0.495 e. The molecule has 3 rings (SSSR count). The first-order valence-electron chi connectivity index (χ1n) is 8.21. The normalized spacial score (nSPS) is 17.7. The molecule has 1 fully saturated rings. The molecule has 6 nitrogen and oxygen atoms in total. The smallest absolute Gasteiger partial charge is 0.240 e. The molecule has 0 aromatic heterocycles. The van der Waals surface area contributed by atoms with Crippen LogP contribution in [0, 0.1) is 6.92 Å². The van der Waals surface area contributed by atoms with Crippen LogP contribution in [0.1, 0.15) is 12.0 Å². The molecule has 140 valence electrons. The first-order chi connectivity index (χ1) is 13.0. The lowest BCUT2D eigenvalue weighted by atomic mass is 10.2. The molecule has 2 amide bonds. The van der Waals surface area contributed by atoms with Gasteiger partial charge in [0.05, 0.1) is 18.5 Å². The van der Waals surface area contributed by atoms with E-state index < -0.39 is 5.25 Å². The maximum atomic E-state index is 12.4. The molecule has 1 aliphatic rings. The van der Waals surface area contributed by atoms with Crippen molar-refractivity contribution in [1.82, 2.24) is 5.32 Å². The molecule has 1 heterocycles. The molecule has 8 heteroatoms. The van der Waals surface area contributed by atoms with Crippen LogP contribution in [0.25, 0.3) is 0 Å². The van der Waals surface area contributed by atoms with Gasteiger partial charge in [-0.1, -0.05) is 41.6 Å². The van der Waals surface area contributed by atoms with Crippen molar-refractivity contribution in [3.8, 4) is 5.75 Å². The quantitative estimate of drug-likeness (QED) is 0.793. The summed E-state index contributed by atoms with van der Waals surface area (Å²) in [6.45, 7) is 1.84. The fourth-order valence-electron chi connectivity index (χ4n) is 2.51. The predicted octanol–water partition coefficient (Wildman–Crippen LogP) is 3.90. The molecule has 0 saturated carbocycles. The SMILES string of the molecule is COc1cc(Cl)c(C)cc1NC(=O)C[C@@H]1SC(=Nc2ccccc2)NC1=O. The fourth-order valence-corrected chi connectivity index (χ4v) is 3.65. The molecule has 0 spiro atoms. The fraction of sp³-hybridized carbons (Fsp3) is 0.211. The summed E-state index contributed by atoms with van der Waals surface area (Å²) in [5, 5.41) is 6.01. The van der Waals surface area contributed by atoms with Crippen LogP contribution in [0.3, 0.4) is 0 Å². The van der Waals surface area contributed by atoms with Gasteiger partial charge in [-0.05, 0) is 30.7 Å². The number of nitrogens with one attached hydrogen (secondary N) is 2. The number of carbonyl (C=O) groups excluding carboxylic acids is 2. The van der Waals surface area contributed by atoms with Crippen LogP contribution in [0.5, 0.6) is 5.75 Å². The van der Waals surface area contributed by atoms with Crippen molar-refractivity contribution in [2.24, 2.45) is 4.99 Å². The number of para-hydroxylation sites is 1. The third-order valence-corrected chi connectivity index (χ3v) is 5.38. The number of amidine groups is 1. The number of methoxy groups -OCH3 is 1. The number of carbonyl (C=O) groups is 2. The molecule has 1 saturated heterocycles. The number of hydrogen-bond acceptors (Lipinski definition) is 5. The van der Waals surface area contributed by atoms with E-state index in [-0.39, 0.29) is 18.2 Å². The van der Waals surface area contributed by atoms with E-state index in [9.17, 15) is 9.59 Å². The summed E-state index contributed by atoms with van der Waals surface area (Å²) >= 11 is 7.32. The standard InChI is InChI=1S/C19H18ClN3O3S/c1-11-8-14(15(26-2)9-13(11)20)22-17(24)10-16-18(25)23-19(27-16)21-12-6-4-3-5-7-12/h3-9,16H,10H2,1-2H3,(H,22,24)(H,21,23,25)/t16-/m0/s1. The third-order valence-electron chi connectivity index (χ3n) is 3.89. The van der Waals surface area contributed by atoms with E-state index in [1.165, 1.54) is 18.9 Å². The number of ether oxygens (including phenoxy) is 1. The summed E-state index contributed by atoms with van der Waals surface area (Å²) in [6, 6.07) is 12.7. The molecule has 27 heavy (non-hydrogen) atoms. The molecule has 0 aliphatic carbocycles. The van der Waals surface area contributed by atoms with E-state index >= 15 is 0 Å². The summed E-state index contributed by atoms with van der Waals surface area (Å²) in [5.41, 5.74) is 2.08. The Hall–Kier alpha value is -2.51. The van der Waals surface area contributed by atoms with E-state index in [1.54, 1.807) is 12.1 Å². The zero-order valence-corrected chi connectivity index (χ0v) is 16.4. The number of amides is 2. The van der Waals surface area contributed by atoms with Crippen molar-refractivity contribution in [2.75, 3.05) is 12.4 Å². The molecule has 2 aromatic carbocycles. The number of aliphatic imine (C=N–C) groups is 1. The Kier molecular flexibility index (Phi) is 6.03. The lowest BCUT2D eigenvalue weighted by molar-refractivity contribution is -0.122. The summed E-state index contributed by atoms with van der Waals surface area (Å²) < 4.78 is 5.25. The van der Waals surface area contributed by atoms with Gasteiger partial charge in [0, 0.05) is 17.5 Å². The Morgan fingerprint density at radius 3 is 2.78 bits per heavy atom. The molecule has 1 aliphatic heterocycles.